The maximum atomic E-state index is 9.58. The van der Waals surface area contributed by atoms with Crippen LogP contribution >= 0.6 is 0 Å². The molecule has 0 radical (unpaired) electrons. The van der Waals surface area contributed by atoms with E-state index >= 15 is 0 Å². The molecule has 58 valence electrons. The van der Waals surface area contributed by atoms with Gasteiger partial charge in [0.2, 0.25) is 0 Å². The minimum absolute atomic E-state index is 0.714. The van der Waals surface area contributed by atoms with Crippen LogP contribution in [0.15, 0.2) is 24.8 Å². The predicted octanol–water partition coefficient (Wildman–Crippen LogP) is 2.28. The zero-order chi connectivity index (χ0) is 8.20. The first-order valence-corrected chi connectivity index (χ1v) is 3.50. The lowest BCUT2D eigenvalue weighted by atomic mass is 9.93. The predicted molar refractivity (Wildman–Crippen MR) is 44.9 cm³/mol. The van der Waals surface area contributed by atoms with Crippen molar-refractivity contribution in [1.29, 1.82) is 0 Å². The normalized spacial score (nSPS) is 15.9. The molecule has 0 aliphatic heterocycles. The van der Waals surface area contributed by atoms with Crippen molar-refractivity contribution in [2.45, 2.75) is 32.3 Å². The molecule has 0 aliphatic carbocycles. The zero-order valence-corrected chi connectivity index (χ0v) is 6.85. The second-order valence-electron chi connectivity index (χ2n) is 2.88. The summed E-state index contributed by atoms with van der Waals surface area (Å²) in [4.78, 5) is 0. The van der Waals surface area contributed by atoms with Crippen LogP contribution in [0.4, 0.5) is 0 Å². The van der Waals surface area contributed by atoms with E-state index in [2.05, 4.69) is 13.2 Å². The lowest BCUT2D eigenvalue weighted by Gasteiger charge is -2.22. The lowest BCUT2D eigenvalue weighted by molar-refractivity contribution is 0.0907. The largest absolute Gasteiger partial charge is 0.386 e. The van der Waals surface area contributed by atoms with Gasteiger partial charge in [0.1, 0.15) is 0 Å². The quantitative estimate of drug-likeness (QED) is 0.594. The molecule has 1 heteroatoms. The maximum absolute atomic E-state index is 9.58. The van der Waals surface area contributed by atoms with E-state index in [9.17, 15) is 5.11 Å². The van der Waals surface area contributed by atoms with E-state index in [4.69, 9.17) is 0 Å². The van der Waals surface area contributed by atoms with E-state index in [-0.39, 0.29) is 0 Å². The molecule has 1 atom stereocenters. The summed E-state index contributed by atoms with van der Waals surface area (Å²) in [6.07, 6.45) is 3.35. The van der Waals surface area contributed by atoms with Crippen LogP contribution in [0.3, 0.4) is 0 Å². The fraction of sp³-hybridized carbons (Fsp3) is 0.556. The number of allylic oxidation sites excluding steroid dienone is 1. The molecular formula is C9H16O. The second-order valence-corrected chi connectivity index (χ2v) is 2.88. The van der Waals surface area contributed by atoms with Crippen LogP contribution < -0.4 is 0 Å². The Morgan fingerprint density at radius 1 is 1.70 bits per heavy atom. The molecular weight excluding hydrogens is 124 g/mol. The second kappa shape index (κ2) is 3.57. The Kier molecular flexibility index (Phi) is 3.37. The van der Waals surface area contributed by atoms with E-state index in [1.165, 1.54) is 0 Å². The summed E-state index contributed by atoms with van der Waals surface area (Å²) in [5, 5.41) is 9.58. The Bertz CT molecular complexity index is 134. The minimum atomic E-state index is -0.714. The molecule has 1 nitrogen and oxygen atoms in total. The minimum Gasteiger partial charge on any atom is -0.386 e. The Hall–Kier alpha value is -0.560. The highest BCUT2D eigenvalue weighted by atomic mass is 16.3. The number of rotatable bonds is 4. The van der Waals surface area contributed by atoms with Gasteiger partial charge in [0.05, 0.1) is 5.60 Å². The zero-order valence-electron chi connectivity index (χ0n) is 6.85. The van der Waals surface area contributed by atoms with Crippen LogP contribution in [-0.4, -0.2) is 10.7 Å². The molecule has 0 aromatic heterocycles. The third kappa shape index (κ3) is 2.83. The van der Waals surface area contributed by atoms with Gasteiger partial charge in [-0.15, -0.1) is 6.58 Å². The first kappa shape index (κ1) is 9.44. The van der Waals surface area contributed by atoms with Crippen molar-refractivity contribution < 1.29 is 5.11 Å². The maximum Gasteiger partial charge on any atom is 0.0826 e. The molecule has 0 amide bonds. The van der Waals surface area contributed by atoms with Crippen LogP contribution in [0.25, 0.3) is 0 Å². The first-order valence-electron chi connectivity index (χ1n) is 3.50. The van der Waals surface area contributed by atoms with Gasteiger partial charge in [0, 0.05) is 0 Å². The number of hydrogen-bond donors (Lipinski definition) is 1. The Morgan fingerprint density at radius 2 is 2.20 bits per heavy atom. The third-order valence-corrected chi connectivity index (χ3v) is 1.75. The summed E-state index contributed by atoms with van der Waals surface area (Å²) >= 11 is 0. The molecule has 0 saturated carbocycles. The smallest absolute Gasteiger partial charge is 0.0826 e. The van der Waals surface area contributed by atoms with E-state index in [0.717, 1.165) is 12.0 Å². The SMILES string of the molecule is C=CCCC(C)(O)C(=C)C. The third-order valence-electron chi connectivity index (χ3n) is 1.75. The summed E-state index contributed by atoms with van der Waals surface area (Å²) in [5.74, 6) is 0. The van der Waals surface area contributed by atoms with Crippen molar-refractivity contribution in [2.75, 3.05) is 0 Å². The Labute approximate surface area is 63.1 Å². The molecule has 0 fully saturated rings. The lowest BCUT2D eigenvalue weighted by Crippen LogP contribution is -2.24. The molecule has 10 heavy (non-hydrogen) atoms. The van der Waals surface area contributed by atoms with Gasteiger partial charge in [-0.25, -0.2) is 0 Å². The molecule has 0 heterocycles. The van der Waals surface area contributed by atoms with Gasteiger partial charge in [-0.1, -0.05) is 12.7 Å². The summed E-state index contributed by atoms with van der Waals surface area (Å²) < 4.78 is 0. The topological polar surface area (TPSA) is 20.2 Å². The van der Waals surface area contributed by atoms with Crippen molar-refractivity contribution in [1.82, 2.24) is 0 Å². The van der Waals surface area contributed by atoms with E-state index in [1.54, 1.807) is 13.0 Å². The summed E-state index contributed by atoms with van der Waals surface area (Å²) in [7, 11) is 0. The monoisotopic (exact) mass is 140 g/mol. The first-order chi connectivity index (χ1) is 4.50. The fourth-order valence-electron chi connectivity index (χ4n) is 0.597. The van der Waals surface area contributed by atoms with Gasteiger partial charge in [-0.05, 0) is 32.3 Å². The molecule has 0 aromatic carbocycles. The van der Waals surface area contributed by atoms with Crippen molar-refractivity contribution in [3.8, 4) is 0 Å². The van der Waals surface area contributed by atoms with E-state index in [1.807, 2.05) is 6.92 Å². The molecule has 0 rings (SSSR count). The van der Waals surface area contributed by atoms with Crippen molar-refractivity contribution >= 4 is 0 Å². The number of aliphatic hydroxyl groups is 1. The van der Waals surface area contributed by atoms with Crippen molar-refractivity contribution in [2.24, 2.45) is 0 Å². The highest BCUT2D eigenvalue weighted by Gasteiger charge is 2.19. The fourth-order valence-corrected chi connectivity index (χ4v) is 0.597. The molecule has 1 unspecified atom stereocenters. The van der Waals surface area contributed by atoms with Crippen LogP contribution in [0.2, 0.25) is 0 Å². The van der Waals surface area contributed by atoms with Crippen LogP contribution in [0.5, 0.6) is 0 Å². The van der Waals surface area contributed by atoms with Gasteiger partial charge >= 0.3 is 0 Å². The molecule has 0 spiro atoms. The highest BCUT2D eigenvalue weighted by molar-refractivity contribution is 5.06. The summed E-state index contributed by atoms with van der Waals surface area (Å²) in [6.45, 7) is 10.9. The van der Waals surface area contributed by atoms with Crippen LogP contribution in [0, 0.1) is 0 Å². The molecule has 0 aromatic rings. The number of hydrogen-bond acceptors (Lipinski definition) is 1. The highest BCUT2D eigenvalue weighted by Crippen LogP contribution is 2.19. The van der Waals surface area contributed by atoms with Crippen LogP contribution in [-0.2, 0) is 0 Å². The molecule has 0 bridgehead atoms. The standard InChI is InChI=1S/C9H16O/c1-5-6-7-9(4,10)8(2)3/h5,10H,1-2,6-7H2,3-4H3. The van der Waals surface area contributed by atoms with Crippen molar-refractivity contribution in [3.05, 3.63) is 24.8 Å². The van der Waals surface area contributed by atoms with E-state index in [0.29, 0.717) is 6.42 Å². The molecule has 1 N–H and O–H groups in total. The van der Waals surface area contributed by atoms with Gasteiger partial charge in [0.15, 0.2) is 0 Å². The van der Waals surface area contributed by atoms with Gasteiger partial charge in [-0.2, -0.15) is 0 Å². The van der Waals surface area contributed by atoms with Crippen molar-refractivity contribution in [3.63, 3.8) is 0 Å². The Balaban J connectivity index is 3.86. The average Bonchev–Trinajstić information content (AvgIpc) is 1.84. The summed E-state index contributed by atoms with van der Waals surface area (Å²) in [6, 6.07) is 0. The molecule has 0 saturated heterocycles. The molecule has 0 aliphatic rings. The van der Waals surface area contributed by atoms with Gasteiger partial charge in [-0.3, -0.25) is 0 Å². The average molecular weight is 140 g/mol. The van der Waals surface area contributed by atoms with E-state index < -0.39 is 5.60 Å². The van der Waals surface area contributed by atoms with Crippen LogP contribution in [0.1, 0.15) is 26.7 Å². The van der Waals surface area contributed by atoms with Gasteiger partial charge < -0.3 is 5.11 Å². The Morgan fingerprint density at radius 3 is 2.50 bits per heavy atom. The van der Waals surface area contributed by atoms with Gasteiger partial charge in [0.25, 0.3) is 0 Å². The summed E-state index contributed by atoms with van der Waals surface area (Å²) in [5.41, 5.74) is 0.100.